The standard InChI is InChI=1S/C13H10FN3O/c1-8-4-10(16)7-17-13(8)18-12-3-2-9(6-15)5-11(12)14/h2-5,7H,16H2,1H3. The molecule has 0 spiro atoms. The van der Waals surface area contributed by atoms with Crippen LogP contribution in [0.5, 0.6) is 11.6 Å². The van der Waals surface area contributed by atoms with Crippen molar-refractivity contribution >= 4 is 5.69 Å². The lowest BCUT2D eigenvalue weighted by Gasteiger charge is -2.08. The summed E-state index contributed by atoms with van der Waals surface area (Å²) in [5.41, 5.74) is 7.02. The zero-order valence-electron chi connectivity index (χ0n) is 9.64. The Morgan fingerprint density at radius 2 is 2.17 bits per heavy atom. The number of aryl methyl sites for hydroxylation is 1. The average molecular weight is 243 g/mol. The summed E-state index contributed by atoms with van der Waals surface area (Å²) in [4.78, 5) is 3.98. The molecule has 1 aromatic carbocycles. The maximum absolute atomic E-state index is 13.6. The average Bonchev–Trinajstić information content (AvgIpc) is 2.34. The van der Waals surface area contributed by atoms with E-state index in [0.29, 0.717) is 11.3 Å². The monoisotopic (exact) mass is 243 g/mol. The van der Waals surface area contributed by atoms with Crippen LogP contribution in [0.25, 0.3) is 0 Å². The quantitative estimate of drug-likeness (QED) is 0.880. The molecule has 0 atom stereocenters. The Hall–Kier alpha value is -2.61. The Bertz CT molecular complexity index is 635. The molecule has 0 unspecified atom stereocenters. The number of halogens is 1. The highest BCUT2D eigenvalue weighted by Gasteiger charge is 2.09. The predicted molar refractivity (Wildman–Crippen MR) is 64.6 cm³/mol. The number of pyridine rings is 1. The summed E-state index contributed by atoms with van der Waals surface area (Å²) in [6, 6.07) is 7.52. The fourth-order valence-corrected chi connectivity index (χ4v) is 1.45. The lowest BCUT2D eigenvalue weighted by atomic mass is 10.2. The smallest absolute Gasteiger partial charge is 0.222 e. The van der Waals surface area contributed by atoms with Crippen molar-refractivity contribution in [2.75, 3.05) is 5.73 Å². The van der Waals surface area contributed by atoms with Gasteiger partial charge in [0.1, 0.15) is 0 Å². The number of ether oxygens (including phenoxy) is 1. The van der Waals surface area contributed by atoms with Crippen LogP contribution in [0.1, 0.15) is 11.1 Å². The molecule has 0 saturated heterocycles. The predicted octanol–water partition coefficient (Wildman–Crippen LogP) is 2.78. The van der Waals surface area contributed by atoms with Gasteiger partial charge >= 0.3 is 0 Å². The van der Waals surface area contributed by atoms with Crippen molar-refractivity contribution < 1.29 is 9.13 Å². The van der Waals surface area contributed by atoms with E-state index in [-0.39, 0.29) is 17.2 Å². The number of nitriles is 1. The topological polar surface area (TPSA) is 71.9 Å². The molecule has 0 fully saturated rings. The Morgan fingerprint density at radius 3 is 2.78 bits per heavy atom. The third-order valence-electron chi connectivity index (χ3n) is 2.32. The molecule has 1 aromatic heterocycles. The fourth-order valence-electron chi connectivity index (χ4n) is 1.45. The number of nitrogen functional groups attached to an aromatic ring is 1. The van der Waals surface area contributed by atoms with Crippen LogP contribution in [0.2, 0.25) is 0 Å². The third-order valence-corrected chi connectivity index (χ3v) is 2.32. The first-order chi connectivity index (χ1) is 8.60. The number of aromatic nitrogens is 1. The maximum Gasteiger partial charge on any atom is 0.222 e. The van der Waals surface area contributed by atoms with Crippen molar-refractivity contribution in [2.24, 2.45) is 0 Å². The number of anilines is 1. The van der Waals surface area contributed by atoms with Gasteiger partial charge in [-0.2, -0.15) is 5.26 Å². The van der Waals surface area contributed by atoms with Gasteiger partial charge < -0.3 is 10.5 Å². The molecule has 18 heavy (non-hydrogen) atoms. The zero-order chi connectivity index (χ0) is 13.1. The van der Waals surface area contributed by atoms with E-state index in [4.69, 9.17) is 15.7 Å². The van der Waals surface area contributed by atoms with Crippen molar-refractivity contribution in [1.82, 2.24) is 4.98 Å². The fraction of sp³-hybridized carbons (Fsp3) is 0.0769. The van der Waals surface area contributed by atoms with Gasteiger partial charge in [-0.25, -0.2) is 9.37 Å². The molecule has 0 saturated carbocycles. The van der Waals surface area contributed by atoms with E-state index in [1.165, 1.54) is 18.3 Å². The van der Waals surface area contributed by atoms with E-state index in [1.54, 1.807) is 13.0 Å². The van der Waals surface area contributed by atoms with Gasteiger partial charge in [0.25, 0.3) is 0 Å². The largest absolute Gasteiger partial charge is 0.436 e. The number of rotatable bonds is 2. The molecular formula is C13H10FN3O. The minimum Gasteiger partial charge on any atom is -0.436 e. The van der Waals surface area contributed by atoms with Crippen molar-refractivity contribution in [2.45, 2.75) is 6.92 Å². The first kappa shape index (κ1) is 11.9. The second kappa shape index (κ2) is 4.72. The lowest BCUT2D eigenvalue weighted by molar-refractivity contribution is 0.424. The lowest BCUT2D eigenvalue weighted by Crippen LogP contribution is -1.96. The Labute approximate surface area is 103 Å². The van der Waals surface area contributed by atoms with E-state index < -0.39 is 5.82 Å². The van der Waals surface area contributed by atoms with Crippen LogP contribution < -0.4 is 10.5 Å². The summed E-state index contributed by atoms with van der Waals surface area (Å²) in [7, 11) is 0. The van der Waals surface area contributed by atoms with Crippen molar-refractivity contribution in [1.29, 1.82) is 5.26 Å². The summed E-state index contributed by atoms with van der Waals surface area (Å²) in [6.45, 7) is 1.76. The van der Waals surface area contributed by atoms with Crippen LogP contribution >= 0.6 is 0 Å². The Kier molecular flexibility index (Phi) is 3.11. The number of hydrogen-bond acceptors (Lipinski definition) is 4. The summed E-state index contributed by atoms with van der Waals surface area (Å²) in [6.07, 6.45) is 1.43. The molecule has 0 aliphatic carbocycles. The minimum atomic E-state index is -0.605. The molecule has 4 nitrogen and oxygen atoms in total. The highest BCUT2D eigenvalue weighted by atomic mass is 19.1. The van der Waals surface area contributed by atoms with E-state index in [2.05, 4.69) is 4.98 Å². The van der Waals surface area contributed by atoms with Gasteiger partial charge in [-0.15, -0.1) is 0 Å². The number of benzene rings is 1. The molecule has 0 aliphatic rings. The van der Waals surface area contributed by atoms with Crippen molar-refractivity contribution in [3.63, 3.8) is 0 Å². The van der Waals surface area contributed by atoms with Crippen molar-refractivity contribution in [3.05, 3.63) is 47.4 Å². The molecule has 90 valence electrons. The molecule has 2 aromatic rings. The van der Waals surface area contributed by atoms with Crippen LogP contribution in [-0.4, -0.2) is 4.98 Å². The summed E-state index contributed by atoms with van der Waals surface area (Å²) in [5, 5.41) is 8.63. The zero-order valence-corrected chi connectivity index (χ0v) is 9.64. The van der Waals surface area contributed by atoms with Crippen LogP contribution in [0.3, 0.4) is 0 Å². The number of hydrogen-bond donors (Lipinski definition) is 1. The Morgan fingerprint density at radius 1 is 1.39 bits per heavy atom. The van der Waals surface area contributed by atoms with Gasteiger partial charge in [0.2, 0.25) is 5.88 Å². The highest BCUT2D eigenvalue weighted by molar-refractivity contribution is 5.44. The summed E-state index contributed by atoms with van der Waals surface area (Å²) >= 11 is 0. The van der Waals surface area contributed by atoms with Gasteiger partial charge in [0, 0.05) is 5.56 Å². The van der Waals surface area contributed by atoms with Gasteiger partial charge in [0.15, 0.2) is 11.6 Å². The molecule has 5 heteroatoms. The normalized spacial score (nSPS) is 9.83. The molecule has 1 heterocycles. The van der Waals surface area contributed by atoms with Crippen LogP contribution in [0.4, 0.5) is 10.1 Å². The van der Waals surface area contributed by atoms with E-state index in [1.807, 2.05) is 6.07 Å². The van der Waals surface area contributed by atoms with E-state index in [9.17, 15) is 4.39 Å². The molecule has 0 radical (unpaired) electrons. The molecular weight excluding hydrogens is 233 g/mol. The van der Waals surface area contributed by atoms with Crippen LogP contribution in [0, 0.1) is 24.1 Å². The van der Waals surface area contributed by atoms with E-state index in [0.717, 1.165) is 6.07 Å². The van der Waals surface area contributed by atoms with Crippen LogP contribution in [-0.2, 0) is 0 Å². The number of nitrogens with two attached hydrogens (primary N) is 1. The minimum absolute atomic E-state index is 0.0226. The third kappa shape index (κ3) is 2.38. The summed E-state index contributed by atoms with van der Waals surface area (Å²) in [5.74, 6) is -0.297. The van der Waals surface area contributed by atoms with Gasteiger partial charge in [-0.1, -0.05) is 0 Å². The maximum atomic E-state index is 13.6. The first-order valence-electron chi connectivity index (χ1n) is 5.20. The molecule has 0 aliphatic heterocycles. The second-order valence-electron chi connectivity index (χ2n) is 3.75. The molecule has 2 rings (SSSR count). The van der Waals surface area contributed by atoms with Crippen LogP contribution in [0.15, 0.2) is 30.5 Å². The Balaban J connectivity index is 2.32. The van der Waals surface area contributed by atoms with Crippen molar-refractivity contribution in [3.8, 4) is 17.7 Å². The molecule has 2 N–H and O–H groups in total. The van der Waals surface area contributed by atoms with E-state index >= 15 is 0 Å². The molecule has 0 bridgehead atoms. The summed E-state index contributed by atoms with van der Waals surface area (Å²) < 4.78 is 18.9. The second-order valence-corrected chi connectivity index (χ2v) is 3.75. The SMILES string of the molecule is Cc1cc(N)cnc1Oc1ccc(C#N)cc1F. The van der Waals surface area contributed by atoms with Gasteiger partial charge in [-0.05, 0) is 31.2 Å². The highest BCUT2D eigenvalue weighted by Crippen LogP contribution is 2.26. The molecule has 0 amide bonds. The first-order valence-corrected chi connectivity index (χ1v) is 5.20. The number of nitrogens with zero attached hydrogens (tertiary/aromatic N) is 2. The van der Waals surface area contributed by atoms with Gasteiger partial charge in [0.05, 0.1) is 23.5 Å². The van der Waals surface area contributed by atoms with Gasteiger partial charge in [-0.3, -0.25) is 0 Å².